The molecular formula is C9H13NO5. The van der Waals surface area contributed by atoms with Gasteiger partial charge in [0.25, 0.3) is 0 Å². The standard InChI is InChI=1S/C9H13NO5/c1-5(2)8(13)10-6(9(14)15)3-4-7(11)12/h6H,1,3-4H2,2H3,(H,10,13)(H,11,12)(H,14,15). The molecule has 0 aliphatic rings. The second kappa shape index (κ2) is 5.79. The van der Waals surface area contributed by atoms with Gasteiger partial charge in [0.1, 0.15) is 6.04 Å². The summed E-state index contributed by atoms with van der Waals surface area (Å²) in [6, 6.07) is -1.19. The van der Waals surface area contributed by atoms with E-state index < -0.39 is 23.9 Å². The van der Waals surface area contributed by atoms with Crippen LogP contribution in [-0.2, 0) is 14.4 Å². The number of carbonyl (C=O) groups excluding carboxylic acids is 1. The molecule has 0 saturated heterocycles. The zero-order valence-corrected chi connectivity index (χ0v) is 8.32. The van der Waals surface area contributed by atoms with Gasteiger partial charge in [-0.15, -0.1) is 0 Å². The zero-order valence-electron chi connectivity index (χ0n) is 8.32. The van der Waals surface area contributed by atoms with E-state index in [2.05, 4.69) is 11.9 Å². The van der Waals surface area contributed by atoms with Crippen LogP contribution < -0.4 is 5.32 Å². The van der Waals surface area contributed by atoms with E-state index in [9.17, 15) is 14.4 Å². The van der Waals surface area contributed by atoms with Crippen LogP contribution in [0.3, 0.4) is 0 Å². The monoisotopic (exact) mass is 215 g/mol. The van der Waals surface area contributed by atoms with Gasteiger partial charge in [0, 0.05) is 12.0 Å². The Labute approximate surface area is 86.6 Å². The van der Waals surface area contributed by atoms with Crippen molar-refractivity contribution >= 4 is 17.8 Å². The summed E-state index contributed by atoms with van der Waals surface area (Å²) in [5.74, 6) is -2.95. The molecule has 15 heavy (non-hydrogen) atoms. The maximum Gasteiger partial charge on any atom is 0.326 e. The van der Waals surface area contributed by atoms with Crippen LogP contribution in [0.4, 0.5) is 0 Å². The third kappa shape index (κ3) is 5.45. The molecule has 0 aromatic rings. The van der Waals surface area contributed by atoms with Crippen molar-refractivity contribution in [3.63, 3.8) is 0 Å². The van der Waals surface area contributed by atoms with Crippen molar-refractivity contribution < 1.29 is 24.6 Å². The number of amides is 1. The van der Waals surface area contributed by atoms with Gasteiger partial charge in [-0.1, -0.05) is 6.58 Å². The van der Waals surface area contributed by atoms with Gasteiger partial charge >= 0.3 is 11.9 Å². The van der Waals surface area contributed by atoms with Crippen LogP contribution in [0.25, 0.3) is 0 Å². The topological polar surface area (TPSA) is 104 Å². The molecule has 6 nitrogen and oxygen atoms in total. The van der Waals surface area contributed by atoms with Crippen LogP contribution in [0.15, 0.2) is 12.2 Å². The molecule has 0 heterocycles. The van der Waals surface area contributed by atoms with Gasteiger partial charge in [-0.05, 0) is 13.3 Å². The Morgan fingerprint density at radius 3 is 2.20 bits per heavy atom. The summed E-state index contributed by atoms with van der Waals surface area (Å²) in [4.78, 5) is 31.9. The minimum atomic E-state index is -1.26. The Hall–Kier alpha value is -1.85. The van der Waals surface area contributed by atoms with Crippen LogP contribution in [0.1, 0.15) is 19.8 Å². The Bertz CT molecular complexity index is 297. The van der Waals surface area contributed by atoms with Crippen molar-refractivity contribution in [1.29, 1.82) is 0 Å². The molecule has 0 saturated carbocycles. The maximum absolute atomic E-state index is 11.1. The quantitative estimate of drug-likeness (QED) is 0.541. The Balaban J connectivity index is 4.28. The second-order valence-corrected chi connectivity index (χ2v) is 3.08. The van der Waals surface area contributed by atoms with Gasteiger partial charge in [0.2, 0.25) is 5.91 Å². The molecule has 1 unspecified atom stereocenters. The smallest absolute Gasteiger partial charge is 0.326 e. The summed E-state index contributed by atoms with van der Waals surface area (Å²) in [5, 5.41) is 19.2. The lowest BCUT2D eigenvalue weighted by atomic mass is 10.1. The highest BCUT2D eigenvalue weighted by Crippen LogP contribution is 1.99. The lowest BCUT2D eigenvalue weighted by Crippen LogP contribution is -2.41. The predicted molar refractivity (Wildman–Crippen MR) is 51.3 cm³/mol. The Kier molecular flexibility index (Phi) is 5.08. The summed E-state index contributed by atoms with van der Waals surface area (Å²) >= 11 is 0. The van der Waals surface area contributed by atoms with Crippen molar-refractivity contribution in [1.82, 2.24) is 5.32 Å². The summed E-state index contributed by atoms with van der Waals surface area (Å²) in [7, 11) is 0. The van der Waals surface area contributed by atoms with Gasteiger partial charge in [-0.2, -0.15) is 0 Å². The molecule has 3 N–H and O–H groups in total. The third-order valence-electron chi connectivity index (χ3n) is 1.64. The molecule has 84 valence electrons. The minimum absolute atomic E-state index is 0.149. The van der Waals surface area contributed by atoms with Gasteiger partial charge in [-0.3, -0.25) is 9.59 Å². The highest BCUT2D eigenvalue weighted by molar-refractivity contribution is 5.94. The molecule has 0 radical (unpaired) electrons. The molecule has 0 aromatic carbocycles. The normalized spacial score (nSPS) is 11.5. The fourth-order valence-electron chi connectivity index (χ4n) is 0.807. The number of rotatable bonds is 6. The predicted octanol–water partition coefficient (Wildman–Crippen LogP) is -0.00330. The second-order valence-electron chi connectivity index (χ2n) is 3.08. The van der Waals surface area contributed by atoms with Gasteiger partial charge in [-0.25, -0.2) is 4.79 Å². The summed E-state index contributed by atoms with van der Waals surface area (Å²) in [6.07, 6.45) is -0.461. The van der Waals surface area contributed by atoms with E-state index >= 15 is 0 Å². The average molecular weight is 215 g/mol. The van der Waals surface area contributed by atoms with E-state index in [1.807, 2.05) is 0 Å². The van der Waals surface area contributed by atoms with Crippen LogP contribution in [0, 0.1) is 0 Å². The van der Waals surface area contributed by atoms with Crippen LogP contribution >= 0.6 is 0 Å². The van der Waals surface area contributed by atoms with Crippen molar-refractivity contribution in [2.75, 3.05) is 0 Å². The molecule has 1 atom stereocenters. The van der Waals surface area contributed by atoms with E-state index in [1.54, 1.807) is 0 Å². The lowest BCUT2D eigenvalue weighted by Gasteiger charge is -2.12. The molecule has 0 aliphatic heterocycles. The van der Waals surface area contributed by atoms with Crippen LogP contribution in [0.2, 0.25) is 0 Å². The lowest BCUT2D eigenvalue weighted by molar-refractivity contribution is -0.142. The zero-order chi connectivity index (χ0) is 12.0. The first-order valence-electron chi connectivity index (χ1n) is 4.25. The summed E-state index contributed by atoms with van der Waals surface area (Å²) < 4.78 is 0. The molecule has 6 heteroatoms. The fraction of sp³-hybridized carbons (Fsp3) is 0.444. The molecule has 0 fully saturated rings. The van der Waals surface area contributed by atoms with Crippen molar-refractivity contribution in [3.8, 4) is 0 Å². The first kappa shape index (κ1) is 13.2. The minimum Gasteiger partial charge on any atom is -0.481 e. The highest BCUT2D eigenvalue weighted by atomic mass is 16.4. The Morgan fingerprint density at radius 1 is 1.33 bits per heavy atom. The number of carboxylic acid groups (broad SMARTS) is 2. The molecule has 0 spiro atoms. The number of carboxylic acids is 2. The number of carbonyl (C=O) groups is 3. The van der Waals surface area contributed by atoms with E-state index in [0.29, 0.717) is 0 Å². The highest BCUT2D eigenvalue weighted by Gasteiger charge is 2.20. The number of nitrogens with one attached hydrogen (secondary N) is 1. The fourth-order valence-corrected chi connectivity index (χ4v) is 0.807. The van der Waals surface area contributed by atoms with Crippen molar-refractivity contribution in [2.24, 2.45) is 0 Å². The van der Waals surface area contributed by atoms with Crippen LogP contribution in [0.5, 0.6) is 0 Å². The van der Waals surface area contributed by atoms with Gasteiger partial charge in [0.15, 0.2) is 0 Å². The van der Waals surface area contributed by atoms with Crippen molar-refractivity contribution in [3.05, 3.63) is 12.2 Å². The Morgan fingerprint density at radius 2 is 1.87 bits per heavy atom. The van der Waals surface area contributed by atoms with E-state index in [0.717, 1.165) is 0 Å². The molecule has 0 aromatic heterocycles. The van der Waals surface area contributed by atoms with E-state index in [1.165, 1.54) is 6.92 Å². The first-order chi connectivity index (χ1) is 6.84. The summed E-state index contributed by atoms with van der Waals surface area (Å²) in [6.45, 7) is 4.78. The third-order valence-corrected chi connectivity index (χ3v) is 1.64. The van der Waals surface area contributed by atoms with Gasteiger partial charge in [0.05, 0.1) is 0 Å². The molecule has 1 amide bonds. The number of aliphatic carboxylic acids is 2. The summed E-state index contributed by atoms with van der Waals surface area (Å²) in [5.41, 5.74) is 0.177. The van der Waals surface area contributed by atoms with E-state index in [-0.39, 0.29) is 18.4 Å². The largest absolute Gasteiger partial charge is 0.481 e. The molecule has 0 rings (SSSR count). The van der Waals surface area contributed by atoms with Gasteiger partial charge < -0.3 is 15.5 Å². The number of hydrogen-bond donors (Lipinski definition) is 3. The molecule has 0 bridgehead atoms. The average Bonchev–Trinajstić information content (AvgIpc) is 2.10. The molecular weight excluding hydrogens is 202 g/mol. The maximum atomic E-state index is 11.1. The van der Waals surface area contributed by atoms with Crippen LogP contribution in [-0.4, -0.2) is 34.1 Å². The number of hydrogen-bond acceptors (Lipinski definition) is 3. The van der Waals surface area contributed by atoms with Crippen molar-refractivity contribution in [2.45, 2.75) is 25.8 Å². The first-order valence-corrected chi connectivity index (χ1v) is 4.25. The van der Waals surface area contributed by atoms with E-state index in [4.69, 9.17) is 10.2 Å². The SMILES string of the molecule is C=C(C)C(=O)NC(CCC(=O)O)C(=O)O. The molecule has 0 aliphatic carbocycles.